The van der Waals surface area contributed by atoms with Gasteiger partial charge in [0.1, 0.15) is 18.2 Å². The zero-order valence-corrected chi connectivity index (χ0v) is 20.5. The fraction of sp³-hybridized carbons (Fsp3) is 0.310. The zero-order chi connectivity index (χ0) is 24.1. The van der Waals surface area contributed by atoms with Crippen molar-refractivity contribution in [1.29, 1.82) is 0 Å². The van der Waals surface area contributed by atoms with Crippen LogP contribution in [0.2, 0.25) is 0 Å². The Kier molecular flexibility index (Phi) is 7.31. The van der Waals surface area contributed by atoms with Gasteiger partial charge in [-0.15, -0.1) is 0 Å². The van der Waals surface area contributed by atoms with Crippen molar-refractivity contribution < 1.29 is 9.53 Å². The first kappa shape index (κ1) is 23.6. The average Bonchev–Trinajstić information content (AvgIpc) is 3.16. The molecule has 0 bridgehead atoms. The van der Waals surface area contributed by atoms with E-state index in [-0.39, 0.29) is 5.91 Å². The van der Waals surface area contributed by atoms with Gasteiger partial charge in [0.25, 0.3) is 5.91 Å². The Labute approximate surface area is 201 Å². The number of hydrogen-bond acceptors (Lipinski definition) is 3. The molecule has 4 rings (SSSR count). The van der Waals surface area contributed by atoms with Crippen LogP contribution in [0, 0.1) is 13.8 Å². The molecule has 0 atom stereocenters. The van der Waals surface area contributed by atoms with E-state index in [9.17, 15) is 4.79 Å². The van der Waals surface area contributed by atoms with Crippen LogP contribution >= 0.6 is 0 Å². The second kappa shape index (κ2) is 10.6. The molecule has 1 aromatic heterocycles. The van der Waals surface area contributed by atoms with Crippen molar-refractivity contribution in [2.24, 2.45) is 0 Å². The monoisotopic (exact) mass is 455 g/mol. The molecule has 1 amide bonds. The number of nitrogens with zero attached hydrogens (tertiary/aromatic N) is 2. The molecule has 34 heavy (non-hydrogen) atoms. The lowest BCUT2D eigenvalue weighted by Crippen LogP contribution is -2.26. The van der Waals surface area contributed by atoms with Gasteiger partial charge in [0, 0.05) is 18.5 Å². The van der Waals surface area contributed by atoms with E-state index in [1.54, 1.807) is 0 Å². The van der Waals surface area contributed by atoms with Crippen LogP contribution in [0.3, 0.4) is 0 Å². The van der Waals surface area contributed by atoms with Crippen molar-refractivity contribution in [3.63, 3.8) is 0 Å². The number of aromatic nitrogens is 2. The van der Waals surface area contributed by atoms with Gasteiger partial charge in [-0.25, -0.2) is 4.98 Å². The summed E-state index contributed by atoms with van der Waals surface area (Å²) in [5, 5.41) is 3.03. The molecule has 0 unspecified atom stereocenters. The number of fused-ring (bicyclic) bond motifs is 1. The predicted molar refractivity (Wildman–Crippen MR) is 138 cm³/mol. The third-order valence-corrected chi connectivity index (χ3v) is 6.01. The highest BCUT2D eigenvalue weighted by Gasteiger charge is 2.13. The van der Waals surface area contributed by atoms with Crippen LogP contribution in [-0.2, 0) is 13.0 Å². The van der Waals surface area contributed by atoms with Gasteiger partial charge in [0.2, 0.25) is 0 Å². The Balaban J connectivity index is 1.45. The lowest BCUT2D eigenvalue weighted by molar-refractivity contribution is 0.0953. The van der Waals surface area contributed by atoms with Crippen molar-refractivity contribution >= 4 is 16.9 Å². The van der Waals surface area contributed by atoms with Crippen LogP contribution in [0.4, 0.5) is 0 Å². The Hall–Kier alpha value is -3.60. The number of benzene rings is 3. The van der Waals surface area contributed by atoms with E-state index in [0.717, 1.165) is 28.2 Å². The molecule has 1 heterocycles. The number of imidazole rings is 1. The number of aryl methyl sites for hydroxylation is 2. The van der Waals surface area contributed by atoms with Crippen molar-refractivity contribution in [2.45, 2.75) is 46.6 Å². The number of hydrogen-bond donors (Lipinski definition) is 1. The molecule has 5 heteroatoms. The van der Waals surface area contributed by atoms with Crippen LogP contribution in [0.5, 0.6) is 5.75 Å². The molecule has 0 fully saturated rings. The molecule has 1 N–H and O–H groups in total. The zero-order valence-electron chi connectivity index (χ0n) is 20.5. The molecule has 4 aromatic rings. The highest BCUT2D eigenvalue weighted by atomic mass is 16.5. The molecule has 0 saturated heterocycles. The summed E-state index contributed by atoms with van der Waals surface area (Å²) >= 11 is 0. The predicted octanol–water partition coefficient (Wildman–Crippen LogP) is 5.83. The fourth-order valence-corrected chi connectivity index (χ4v) is 4.23. The summed E-state index contributed by atoms with van der Waals surface area (Å²) in [5.41, 5.74) is 6.21. The van der Waals surface area contributed by atoms with Crippen LogP contribution in [-0.4, -0.2) is 28.6 Å². The van der Waals surface area contributed by atoms with E-state index in [1.807, 2.05) is 49.4 Å². The van der Waals surface area contributed by atoms with Gasteiger partial charge in [-0.3, -0.25) is 4.79 Å². The number of para-hydroxylation sites is 2. The first-order chi connectivity index (χ1) is 16.4. The third kappa shape index (κ3) is 5.48. The maximum Gasteiger partial charge on any atom is 0.251 e. The van der Waals surface area contributed by atoms with E-state index in [0.29, 0.717) is 37.6 Å². The largest absolute Gasteiger partial charge is 0.491 e. The van der Waals surface area contributed by atoms with Gasteiger partial charge in [0.15, 0.2) is 0 Å². The second-order valence-electron chi connectivity index (χ2n) is 9.09. The SMILES string of the molecule is Cc1cccc(C(=O)NCCc2nc3ccccc3n2CCOc2cc(C)ccc2C(C)C)c1. The first-order valence-corrected chi connectivity index (χ1v) is 11.9. The maximum absolute atomic E-state index is 12.5. The molecule has 5 nitrogen and oxygen atoms in total. The highest BCUT2D eigenvalue weighted by molar-refractivity contribution is 5.94. The molecule has 0 spiro atoms. The number of amides is 1. The minimum absolute atomic E-state index is 0.0599. The van der Waals surface area contributed by atoms with E-state index in [4.69, 9.17) is 9.72 Å². The topological polar surface area (TPSA) is 56.2 Å². The average molecular weight is 456 g/mol. The van der Waals surface area contributed by atoms with Crippen molar-refractivity contribution in [3.8, 4) is 5.75 Å². The molecule has 176 valence electrons. The molecular weight excluding hydrogens is 422 g/mol. The van der Waals surface area contributed by atoms with Gasteiger partial charge in [-0.1, -0.05) is 55.8 Å². The van der Waals surface area contributed by atoms with E-state index < -0.39 is 0 Å². The van der Waals surface area contributed by atoms with E-state index in [1.165, 1.54) is 11.1 Å². The summed E-state index contributed by atoms with van der Waals surface area (Å²) in [6.45, 7) is 10.2. The van der Waals surface area contributed by atoms with Crippen LogP contribution in [0.1, 0.15) is 52.6 Å². The summed E-state index contributed by atoms with van der Waals surface area (Å²) in [4.78, 5) is 17.4. The van der Waals surface area contributed by atoms with Gasteiger partial charge in [-0.2, -0.15) is 0 Å². The summed E-state index contributed by atoms with van der Waals surface area (Å²) in [5.74, 6) is 2.24. The van der Waals surface area contributed by atoms with Gasteiger partial charge >= 0.3 is 0 Å². The Morgan fingerprint density at radius 2 is 1.79 bits per heavy atom. The summed E-state index contributed by atoms with van der Waals surface area (Å²) < 4.78 is 8.46. The standard InChI is InChI=1S/C29H33N3O2/c1-20(2)24-13-12-22(4)19-27(24)34-17-16-32-26-11-6-5-10-25(26)31-28(32)14-15-30-29(33)23-9-7-8-21(3)18-23/h5-13,18-20H,14-17H2,1-4H3,(H,30,33). The lowest BCUT2D eigenvalue weighted by atomic mass is 10.0. The van der Waals surface area contributed by atoms with Crippen molar-refractivity contribution in [3.05, 3.63) is 94.8 Å². The minimum atomic E-state index is -0.0599. The molecule has 0 aliphatic rings. The number of ether oxygens (including phenoxy) is 1. The number of carbonyl (C=O) groups is 1. The maximum atomic E-state index is 12.5. The van der Waals surface area contributed by atoms with Gasteiger partial charge < -0.3 is 14.6 Å². The smallest absolute Gasteiger partial charge is 0.251 e. The molecule has 3 aromatic carbocycles. The highest BCUT2D eigenvalue weighted by Crippen LogP contribution is 2.27. The summed E-state index contributed by atoms with van der Waals surface area (Å²) in [6, 6.07) is 22.2. The normalized spacial score (nSPS) is 11.2. The summed E-state index contributed by atoms with van der Waals surface area (Å²) in [7, 11) is 0. The number of carbonyl (C=O) groups excluding carboxylic acids is 1. The van der Waals surface area contributed by atoms with Gasteiger partial charge in [-0.05, 0) is 61.2 Å². The first-order valence-electron chi connectivity index (χ1n) is 11.9. The minimum Gasteiger partial charge on any atom is -0.491 e. The quantitative estimate of drug-likeness (QED) is 0.346. The second-order valence-corrected chi connectivity index (χ2v) is 9.09. The van der Waals surface area contributed by atoms with Crippen LogP contribution in [0.15, 0.2) is 66.7 Å². The molecule has 0 radical (unpaired) electrons. The molecule has 0 saturated carbocycles. The number of nitrogens with one attached hydrogen (secondary N) is 1. The number of rotatable bonds is 9. The van der Waals surface area contributed by atoms with Crippen molar-refractivity contribution in [1.82, 2.24) is 14.9 Å². The summed E-state index contributed by atoms with van der Waals surface area (Å²) in [6.07, 6.45) is 0.647. The Bertz CT molecular complexity index is 1290. The lowest BCUT2D eigenvalue weighted by Gasteiger charge is -2.16. The van der Waals surface area contributed by atoms with E-state index in [2.05, 4.69) is 54.9 Å². The van der Waals surface area contributed by atoms with Crippen LogP contribution in [0.25, 0.3) is 11.0 Å². The molecule has 0 aliphatic carbocycles. The molecule has 0 aliphatic heterocycles. The Morgan fingerprint density at radius 3 is 2.59 bits per heavy atom. The third-order valence-electron chi connectivity index (χ3n) is 6.01. The van der Waals surface area contributed by atoms with Gasteiger partial charge in [0.05, 0.1) is 17.6 Å². The van der Waals surface area contributed by atoms with E-state index >= 15 is 0 Å². The van der Waals surface area contributed by atoms with Crippen LogP contribution < -0.4 is 10.1 Å². The molecular formula is C29H33N3O2. The fourth-order valence-electron chi connectivity index (χ4n) is 4.23. The Morgan fingerprint density at radius 1 is 1.00 bits per heavy atom. The van der Waals surface area contributed by atoms with Crippen molar-refractivity contribution in [2.75, 3.05) is 13.2 Å².